The van der Waals surface area contributed by atoms with Crippen LogP contribution < -0.4 is 5.32 Å². The molecular formula is C15H21NO2S. The Bertz CT molecular complexity index is 417. The van der Waals surface area contributed by atoms with Crippen molar-refractivity contribution < 1.29 is 9.53 Å². The second-order valence-corrected chi connectivity index (χ2v) is 5.91. The van der Waals surface area contributed by atoms with Gasteiger partial charge in [-0.3, -0.25) is 4.79 Å². The molecule has 2 rings (SSSR count). The molecule has 0 saturated carbocycles. The minimum Gasteiger partial charge on any atom is -0.374 e. The number of carbonyl (C=O) groups is 1. The molecule has 2 atom stereocenters. The number of ether oxygens (including phenoxy) is 1. The highest BCUT2D eigenvalue weighted by Crippen LogP contribution is 2.34. The maximum Gasteiger partial charge on any atom is 0.197 e. The summed E-state index contributed by atoms with van der Waals surface area (Å²) in [6.45, 7) is 4.31. The number of hydrogen-bond donors (Lipinski definition) is 1. The summed E-state index contributed by atoms with van der Waals surface area (Å²) in [5.41, 5.74) is 0.704. The number of benzene rings is 1. The van der Waals surface area contributed by atoms with E-state index in [4.69, 9.17) is 4.74 Å². The zero-order valence-corrected chi connectivity index (χ0v) is 12.3. The molecule has 4 heteroatoms. The van der Waals surface area contributed by atoms with Crippen LogP contribution in [0.25, 0.3) is 0 Å². The lowest BCUT2D eigenvalue weighted by Gasteiger charge is -2.38. The third kappa shape index (κ3) is 3.38. The molecule has 1 N–H and O–H groups in total. The molecule has 0 aliphatic carbocycles. The standard InChI is InChI=1S/C15H21NO2S/c1-15(14(17)19-2,13-11-16-8-9-18-13)10-12-6-4-3-5-7-12/h3-7,13,16H,8-11H2,1-2H3. The number of morpholine rings is 1. The predicted octanol–water partition coefficient (Wildman–Crippen LogP) is 2.11. The summed E-state index contributed by atoms with van der Waals surface area (Å²) >= 11 is 1.30. The lowest BCUT2D eigenvalue weighted by atomic mass is 9.79. The predicted molar refractivity (Wildman–Crippen MR) is 79.4 cm³/mol. The fraction of sp³-hybridized carbons (Fsp3) is 0.533. The van der Waals surface area contributed by atoms with Crippen LogP contribution in [0.4, 0.5) is 0 Å². The maximum atomic E-state index is 12.4. The molecule has 2 unspecified atom stereocenters. The zero-order chi connectivity index (χ0) is 13.7. The van der Waals surface area contributed by atoms with Crippen LogP contribution in [0.15, 0.2) is 30.3 Å². The van der Waals surface area contributed by atoms with Gasteiger partial charge in [-0.05, 0) is 25.2 Å². The average Bonchev–Trinajstić information content (AvgIpc) is 2.48. The van der Waals surface area contributed by atoms with Crippen LogP contribution in [0.3, 0.4) is 0 Å². The molecule has 0 radical (unpaired) electrons. The van der Waals surface area contributed by atoms with E-state index in [1.807, 2.05) is 31.4 Å². The lowest BCUT2D eigenvalue weighted by molar-refractivity contribution is -0.130. The van der Waals surface area contributed by atoms with Crippen LogP contribution in [0.1, 0.15) is 12.5 Å². The minimum atomic E-state index is -0.478. The van der Waals surface area contributed by atoms with Gasteiger partial charge in [0.2, 0.25) is 0 Å². The van der Waals surface area contributed by atoms with Crippen molar-refractivity contribution in [1.29, 1.82) is 0 Å². The van der Waals surface area contributed by atoms with E-state index in [1.165, 1.54) is 17.3 Å². The van der Waals surface area contributed by atoms with Gasteiger partial charge in [-0.25, -0.2) is 0 Å². The third-order valence-electron chi connectivity index (χ3n) is 3.70. The van der Waals surface area contributed by atoms with Crippen LogP contribution >= 0.6 is 11.8 Å². The summed E-state index contributed by atoms with van der Waals surface area (Å²) < 4.78 is 5.84. The van der Waals surface area contributed by atoms with Gasteiger partial charge in [0, 0.05) is 13.1 Å². The molecule has 0 aromatic heterocycles. The van der Waals surface area contributed by atoms with Gasteiger partial charge in [0.25, 0.3) is 0 Å². The molecule has 0 bridgehead atoms. The van der Waals surface area contributed by atoms with Crippen molar-refractivity contribution >= 4 is 16.9 Å². The summed E-state index contributed by atoms with van der Waals surface area (Å²) in [6, 6.07) is 10.2. The van der Waals surface area contributed by atoms with Crippen LogP contribution in [0.5, 0.6) is 0 Å². The van der Waals surface area contributed by atoms with Crippen molar-refractivity contribution in [2.75, 3.05) is 26.0 Å². The van der Waals surface area contributed by atoms with Crippen molar-refractivity contribution in [2.24, 2.45) is 5.41 Å². The van der Waals surface area contributed by atoms with Crippen LogP contribution in [0, 0.1) is 5.41 Å². The zero-order valence-electron chi connectivity index (χ0n) is 11.5. The molecule has 1 aliphatic heterocycles. The number of hydrogen-bond acceptors (Lipinski definition) is 4. The first kappa shape index (κ1) is 14.6. The van der Waals surface area contributed by atoms with E-state index in [-0.39, 0.29) is 11.2 Å². The molecule has 0 spiro atoms. The maximum absolute atomic E-state index is 12.4. The van der Waals surface area contributed by atoms with Crippen molar-refractivity contribution in [1.82, 2.24) is 5.32 Å². The van der Waals surface area contributed by atoms with Crippen molar-refractivity contribution in [3.05, 3.63) is 35.9 Å². The largest absolute Gasteiger partial charge is 0.374 e. The second-order valence-electron chi connectivity index (χ2n) is 5.13. The molecule has 0 amide bonds. The molecule has 1 fully saturated rings. The highest BCUT2D eigenvalue weighted by atomic mass is 32.2. The molecule has 1 aliphatic rings. The van der Waals surface area contributed by atoms with Gasteiger partial charge < -0.3 is 10.1 Å². The first-order chi connectivity index (χ1) is 9.16. The van der Waals surface area contributed by atoms with E-state index >= 15 is 0 Å². The van der Waals surface area contributed by atoms with E-state index in [1.54, 1.807) is 0 Å². The molecule has 1 saturated heterocycles. The molecule has 1 aromatic rings. The molecule has 3 nitrogen and oxygen atoms in total. The Kier molecular flexibility index (Phi) is 5.02. The monoisotopic (exact) mass is 279 g/mol. The fourth-order valence-corrected chi connectivity index (χ4v) is 3.22. The Morgan fingerprint density at radius 2 is 2.21 bits per heavy atom. The second kappa shape index (κ2) is 6.55. The Labute approximate surface area is 119 Å². The quantitative estimate of drug-likeness (QED) is 0.916. The van der Waals surface area contributed by atoms with Crippen molar-refractivity contribution in [3.63, 3.8) is 0 Å². The van der Waals surface area contributed by atoms with Gasteiger partial charge >= 0.3 is 0 Å². The Morgan fingerprint density at radius 1 is 1.47 bits per heavy atom. The molecule has 1 heterocycles. The number of carbonyl (C=O) groups excluding carboxylic acids is 1. The first-order valence-corrected chi connectivity index (χ1v) is 7.84. The van der Waals surface area contributed by atoms with Gasteiger partial charge in [0.1, 0.15) is 0 Å². The van der Waals surface area contributed by atoms with Crippen molar-refractivity contribution in [2.45, 2.75) is 19.4 Å². The number of thioether (sulfide) groups is 1. The van der Waals surface area contributed by atoms with Crippen LogP contribution in [-0.4, -0.2) is 37.2 Å². The summed E-state index contributed by atoms with van der Waals surface area (Å²) in [5, 5.41) is 3.52. The summed E-state index contributed by atoms with van der Waals surface area (Å²) in [6.07, 6.45) is 2.52. The van der Waals surface area contributed by atoms with Gasteiger partial charge in [-0.15, -0.1) is 0 Å². The highest BCUT2D eigenvalue weighted by molar-refractivity contribution is 8.13. The van der Waals surface area contributed by atoms with Crippen LogP contribution in [0.2, 0.25) is 0 Å². The van der Waals surface area contributed by atoms with Crippen LogP contribution in [-0.2, 0) is 16.0 Å². The molecule has 19 heavy (non-hydrogen) atoms. The topological polar surface area (TPSA) is 38.3 Å². The fourth-order valence-electron chi connectivity index (χ4n) is 2.55. The summed E-state index contributed by atoms with van der Waals surface area (Å²) in [7, 11) is 0. The van der Waals surface area contributed by atoms with Gasteiger partial charge in [-0.1, -0.05) is 42.1 Å². The molecule has 1 aromatic carbocycles. The Morgan fingerprint density at radius 3 is 2.79 bits per heavy atom. The summed E-state index contributed by atoms with van der Waals surface area (Å²) in [5.74, 6) is 0. The van der Waals surface area contributed by atoms with Gasteiger partial charge in [0.05, 0.1) is 18.1 Å². The Balaban J connectivity index is 2.21. The average molecular weight is 279 g/mol. The first-order valence-electron chi connectivity index (χ1n) is 6.61. The normalized spacial score (nSPS) is 22.7. The lowest BCUT2D eigenvalue weighted by Crippen LogP contribution is -2.51. The third-order valence-corrected chi connectivity index (χ3v) is 4.54. The van der Waals surface area contributed by atoms with E-state index in [9.17, 15) is 4.79 Å². The van der Waals surface area contributed by atoms with Crippen molar-refractivity contribution in [3.8, 4) is 0 Å². The highest BCUT2D eigenvalue weighted by Gasteiger charge is 2.42. The summed E-state index contributed by atoms with van der Waals surface area (Å²) in [4.78, 5) is 12.4. The molecule has 104 valence electrons. The number of nitrogens with one attached hydrogen (secondary N) is 1. The van der Waals surface area contributed by atoms with Gasteiger partial charge in [0.15, 0.2) is 5.12 Å². The van der Waals surface area contributed by atoms with E-state index < -0.39 is 5.41 Å². The van der Waals surface area contributed by atoms with E-state index in [0.29, 0.717) is 6.61 Å². The molecular weight excluding hydrogens is 258 g/mol. The minimum absolute atomic E-state index is 0.0543. The van der Waals surface area contributed by atoms with E-state index in [0.717, 1.165) is 19.5 Å². The smallest absolute Gasteiger partial charge is 0.197 e. The Hall–Kier alpha value is -0.840. The number of rotatable bonds is 4. The van der Waals surface area contributed by atoms with E-state index in [2.05, 4.69) is 17.4 Å². The van der Waals surface area contributed by atoms with Gasteiger partial charge in [-0.2, -0.15) is 0 Å². The SMILES string of the molecule is CSC(=O)C(C)(Cc1ccccc1)C1CNCCO1.